The molecule has 1 heterocycles. The number of nitrogens with one attached hydrogen (secondary N) is 1. The molecule has 2 rings (SSSR count). The summed E-state index contributed by atoms with van der Waals surface area (Å²) in [6, 6.07) is 10.4. The molecular formula is C21H27BrN3+. The number of unbranched alkanes of at least 4 members (excludes halogenated alkanes) is 3. The maximum absolute atomic E-state index is 9.92. The highest BCUT2D eigenvalue weighted by Crippen LogP contribution is 2.32. The SMILES string of the molecule is CCCCCc1[nH+]c(N)c(-c2cccc(Br)c2)c(C#N)c1CCCC. The Bertz CT molecular complexity index is 762. The van der Waals surface area contributed by atoms with Gasteiger partial charge in [0.1, 0.15) is 11.8 Å². The van der Waals surface area contributed by atoms with E-state index >= 15 is 0 Å². The third kappa shape index (κ3) is 4.83. The first kappa shape index (κ1) is 19.5. The quantitative estimate of drug-likeness (QED) is 0.597. The Morgan fingerprint density at radius 2 is 1.88 bits per heavy atom. The van der Waals surface area contributed by atoms with E-state index in [9.17, 15) is 5.26 Å². The fraction of sp³-hybridized carbons (Fsp3) is 0.429. The van der Waals surface area contributed by atoms with Crippen LogP contribution in [0.5, 0.6) is 0 Å². The summed E-state index contributed by atoms with van der Waals surface area (Å²) in [6.45, 7) is 4.38. The van der Waals surface area contributed by atoms with Crippen molar-refractivity contribution in [2.75, 3.05) is 5.73 Å². The van der Waals surface area contributed by atoms with Gasteiger partial charge in [-0.3, -0.25) is 5.73 Å². The van der Waals surface area contributed by atoms with Crippen molar-refractivity contribution in [3.8, 4) is 17.2 Å². The van der Waals surface area contributed by atoms with E-state index in [1.807, 2.05) is 24.3 Å². The lowest BCUT2D eigenvalue weighted by molar-refractivity contribution is -0.373. The van der Waals surface area contributed by atoms with Crippen LogP contribution in [0.25, 0.3) is 11.1 Å². The molecular weight excluding hydrogens is 374 g/mol. The lowest BCUT2D eigenvalue weighted by atomic mass is 9.91. The van der Waals surface area contributed by atoms with Gasteiger partial charge in [-0.1, -0.05) is 61.2 Å². The highest BCUT2D eigenvalue weighted by atomic mass is 79.9. The second kappa shape index (κ2) is 9.58. The maximum atomic E-state index is 9.92. The molecule has 132 valence electrons. The van der Waals surface area contributed by atoms with Crippen LogP contribution in [0.1, 0.15) is 62.8 Å². The fourth-order valence-corrected chi connectivity index (χ4v) is 3.60. The molecule has 0 fully saturated rings. The van der Waals surface area contributed by atoms with E-state index in [0.717, 1.165) is 64.5 Å². The van der Waals surface area contributed by atoms with Gasteiger partial charge in [0, 0.05) is 16.5 Å². The molecule has 0 radical (unpaired) electrons. The lowest BCUT2D eigenvalue weighted by Crippen LogP contribution is -2.22. The number of hydrogen-bond acceptors (Lipinski definition) is 2. The van der Waals surface area contributed by atoms with Crippen molar-refractivity contribution in [1.29, 1.82) is 5.26 Å². The predicted molar refractivity (Wildman–Crippen MR) is 107 cm³/mol. The van der Waals surface area contributed by atoms with Gasteiger partial charge in [0.05, 0.1) is 11.1 Å². The van der Waals surface area contributed by atoms with E-state index in [0.29, 0.717) is 5.82 Å². The largest absolute Gasteiger partial charge is 0.287 e. The van der Waals surface area contributed by atoms with Gasteiger partial charge in [-0.15, -0.1) is 0 Å². The smallest absolute Gasteiger partial charge is 0.279 e. The van der Waals surface area contributed by atoms with Crippen molar-refractivity contribution in [3.63, 3.8) is 0 Å². The average Bonchev–Trinajstić information content (AvgIpc) is 2.60. The van der Waals surface area contributed by atoms with Crippen LogP contribution in [0.2, 0.25) is 0 Å². The number of halogens is 1. The number of benzene rings is 1. The number of pyridine rings is 1. The first-order valence-electron chi connectivity index (χ1n) is 9.14. The Morgan fingerprint density at radius 3 is 2.52 bits per heavy atom. The number of nitrogen functional groups attached to an aromatic ring is 1. The Morgan fingerprint density at radius 1 is 1.12 bits per heavy atom. The summed E-state index contributed by atoms with van der Waals surface area (Å²) < 4.78 is 0.982. The van der Waals surface area contributed by atoms with Crippen LogP contribution in [0.3, 0.4) is 0 Å². The van der Waals surface area contributed by atoms with Crippen LogP contribution in [-0.4, -0.2) is 0 Å². The Balaban J connectivity index is 2.58. The summed E-state index contributed by atoms with van der Waals surface area (Å²) in [5.41, 5.74) is 11.2. The van der Waals surface area contributed by atoms with E-state index in [4.69, 9.17) is 5.73 Å². The van der Waals surface area contributed by atoms with Crippen molar-refractivity contribution in [2.24, 2.45) is 0 Å². The second-order valence-corrected chi connectivity index (χ2v) is 7.34. The minimum absolute atomic E-state index is 0.585. The molecule has 0 saturated heterocycles. The average molecular weight is 401 g/mol. The monoisotopic (exact) mass is 400 g/mol. The lowest BCUT2D eigenvalue weighted by Gasteiger charge is -2.14. The summed E-state index contributed by atoms with van der Waals surface area (Å²) in [4.78, 5) is 3.42. The Labute approximate surface area is 159 Å². The number of hydrogen-bond donors (Lipinski definition) is 1. The summed E-state index contributed by atoms with van der Waals surface area (Å²) in [5, 5.41) is 9.92. The molecule has 1 aromatic heterocycles. The highest BCUT2D eigenvalue weighted by Gasteiger charge is 2.22. The Hall–Kier alpha value is -1.86. The standard InChI is InChI=1S/C21H26BrN3/c1-3-5-7-12-19-17(11-6-4-2)18(14-23)20(21(24)25-19)15-9-8-10-16(22)13-15/h8-10,13H,3-7,11-12H2,1-2H3,(H2,24,25)/p+1. The van der Waals surface area contributed by atoms with Gasteiger partial charge in [0.25, 0.3) is 5.82 Å². The zero-order valence-corrected chi connectivity index (χ0v) is 16.7. The van der Waals surface area contributed by atoms with Gasteiger partial charge in [-0.25, -0.2) is 4.98 Å². The van der Waals surface area contributed by atoms with Crippen LogP contribution in [-0.2, 0) is 12.8 Å². The molecule has 0 amide bonds. The van der Waals surface area contributed by atoms with Gasteiger partial charge in [0.2, 0.25) is 0 Å². The third-order valence-electron chi connectivity index (χ3n) is 4.51. The zero-order chi connectivity index (χ0) is 18.2. The van der Waals surface area contributed by atoms with Gasteiger partial charge in [0.15, 0.2) is 0 Å². The van der Waals surface area contributed by atoms with Crippen molar-refractivity contribution in [3.05, 3.63) is 45.6 Å². The van der Waals surface area contributed by atoms with Crippen molar-refractivity contribution in [2.45, 2.75) is 58.8 Å². The van der Waals surface area contributed by atoms with Crippen molar-refractivity contribution >= 4 is 21.7 Å². The second-order valence-electron chi connectivity index (χ2n) is 6.43. The molecule has 0 aliphatic carbocycles. The molecule has 3 N–H and O–H groups in total. The molecule has 4 heteroatoms. The third-order valence-corrected chi connectivity index (χ3v) is 5.00. The number of nitriles is 1. The number of rotatable bonds is 8. The maximum Gasteiger partial charge on any atom is 0.279 e. The molecule has 0 aliphatic heterocycles. The van der Waals surface area contributed by atoms with Crippen molar-refractivity contribution < 1.29 is 4.98 Å². The van der Waals surface area contributed by atoms with Gasteiger partial charge in [-0.05, 0) is 37.0 Å². The first-order chi connectivity index (χ1) is 12.1. The molecule has 0 atom stereocenters. The molecule has 25 heavy (non-hydrogen) atoms. The van der Waals surface area contributed by atoms with E-state index in [1.54, 1.807) is 0 Å². The molecule has 0 unspecified atom stereocenters. The fourth-order valence-electron chi connectivity index (χ4n) is 3.20. The minimum atomic E-state index is 0.585. The normalized spacial score (nSPS) is 10.6. The van der Waals surface area contributed by atoms with Gasteiger partial charge in [-0.2, -0.15) is 5.26 Å². The minimum Gasteiger partial charge on any atom is -0.287 e. The summed E-state index contributed by atoms with van der Waals surface area (Å²) in [6.07, 6.45) is 7.54. The van der Waals surface area contributed by atoms with E-state index in [-0.39, 0.29) is 0 Å². The molecule has 0 bridgehead atoms. The zero-order valence-electron chi connectivity index (χ0n) is 15.2. The first-order valence-corrected chi connectivity index (χ1v) is 9.94. The van der Waals surface area contributed by atoms with Crippen LogP contribution < -0.4 is 10.7 Å². The van der Waals surface area contributed by atoms with Crippen LogP contribution in [0, 0.1) is 11.3 Å². The number of H-pyrrole nitrogens is 1. The number of aryl methyl sites for hydroxylation is 1. The Kier molecular flexibility index (Phi) is 7.46. The van der Waals surface area contributed by atoms with Crippen LogP contribution >= 0.6 is 15.9 Å². The highest BCUT2D eigenvalue weighted by molar-refractivity contribution is 9.10. The number of nitrogens with zero attached hydrogens (tertiary/aromatic N) is 1. The van der Waals surface area contributed by atoms with Crippen LogP contribution in [0.4, 0.5) is 5.82 Å². The van der Waals surface area contributed by atoms with Gasteiger partial charge >= 0.3 is 0 Å². The molecule has 1 aromatic carbocycles. The number of aromatic amines is 1. The number of nitrogens with two attached hydrogens (primary N) is 1. The van der Waals surface area contributed by atoms with E-state index in [2.05, 4.69) is 40.8 Å². The predicted octanol–water partition coefficient (Wildman–Crippen LogP) is 5.46. The molecule has 0 spiro atoms. The molecule has 0 aliphatic rings. The van der Waals surface area contributed by atoms with E-state index in [1.165, 1.54) is 12.8 Å². The summed E-state index contributed by atoms with van der Waals surface area (Å²) >= 11 is 3.51. The van der Waals surface area contributed by atoms with Crippen LogP contribution in [0.15, 0.2) is 28.7 Å². The van der Waals surface area contributed by atoms with E-state index < -0.39 is 0 Å². The summed E-state index contributed by atoms with van der Waals surface area (Å²) in [7, 11) is 0. The molecule has 2 aromatic rings. The topological polar surface area (TPSA) is 63.9 Å². The molecule has 0 saturated carbocycles. The number of anilines is 1. The summed E-state index contributed by atoms with van der Waals surface area (Å²) in [5.74, 6) is 0.585. The molecule has 3 nitrogen and oxygen atoms in total. The number of aromatic nitrogens is 1. The van der Waals surface area contributed by atoms with Crippen molar-refractivity contribution in [1.82, 2.24) is 0 Å². The van der Waals surface area contributed by atoms with Gasteiger partial charge < -0.3 is 0 Å².